The van der Waals surface area contributed by atoms with Crippen LogP contribution in [0.5, 0.6) is 6.01 Å². The average molecular weight is 418 g/mol. The van der Waals surface area contributed by atoms with Gasteiger partial charge < -0.3 is 10.1 Å². The zero-order chi connectivity index (χ0) is 15.2. The molecule has 0 bridgehead atoms. The zero-order valence-electron chi connectivity index (χ0n) is 11.9. The van der Waals surface area contributed by atoms with Gasteiger partial charge in [-0.05, 0) is 60.6 Å². The molecule has 4 nitrogen and oxygen atoms in total. The van der Waals surface area contributed by atoms with E-state index in [0.717, 1.165) is 29.5 Å². The molecule has 0 radical (unpaired) electrons. The van der Waals surface area contributed by atoms with Crippen LogP contribution in [0.1, 0.15) is 18.2 Å². The first-order valence-corrected chi connectivity index (χ1v) is 8.30. The van der Waals surface area contributed by atoms with Gasteiger partial charge in [0.25, 0.3) is 0 Å². The predicted molar refractivity (Wildman–Crippen MR) is 94.5 cm³/mol. The van der Waals surface area contributed by atoms with Crippen LogP contribution < -0.4 is 10.1 Å². The number of rotatable bonds is 6. The van der Waals surface area contributed by atoms with E-state index in [2.05, 4.69) is 37.9 Å². The first kappa shape index (κ1) is 16.3. The number of ether oxygens (including phenoxy) is 1. The Kier molecular flexibility index (Phi) is 6.05. The largest absolute Gasteiger partial charge is 0.450 e. The maximum Gasteiger partial charge on any atom is 0.319 e. The van der Waals surface area contributed by atoms with Gasteiger partial charge in [-0.1, -0.05) is 23.7 Å². The molecule has 0 saturated heterocycles. The Morgan fingerprint density at radius 1 is 1.29 bits per heavy atom. The number of hydrogen-bond donors (Lipinski definition) is 1. The molecule has 21 heavy (non-hydrogen) atoms. The SMILES string of the molecule is Cc1cc(NCCc2ccc(Cl)cc2)nc(OC(C)I)n1. The fourth-order valence-electron chi connectivity index (χ4n) is 1.82. The van der Waals surface area contributed by atoms with E-state index in [0.29, 0.717) is 6.01 Å². The van der Waals surface area contributed by atoms with Gasteiger partial charge in [-0.3, -0.25) is 0 Å². The number of halogens is 2. The minimum atomic E-state index is 0.0336. The van der Waals surface area contributed by atoms with E-state index in [9.17, 15) is 0 Å². The van der Waals surface area contributed by atoms with Gasteiger partial charge in [0.1, 0.15) is 9.93 Å². The van der Waals surface area contributed by atoms with Gasteiger partial charge in [-0.2, -0.15) is 4.98 Å². The zero-order valence-corrected chi connectivity index (χ0v) is 14.9. The molecule has 0 saturated carbocycles. The third-order valence-corrected chi connectivity index (χ3v) is 3.24. The maximum atomic E-state index is 5.87. The summed E-state index contributed by atoms with van der Waals surface area (Å²) < 4.78 is 5.56. The number of aromatic nitrogens is 2. The van der Waals surface area contributed by atoms with Crippen molar-refractivity contribution < 1.29 is 4.74 Å². The first-order valence-electron chi connectivity index (χ1n) is 6.67. The lowest BCUT2D eigenvalue weighted by atomic mass is 10.1. The Hall–Kier alpha value is -1.08. The van der Waals surface area contributed by atoms with Crippen molar-refractivity contribution >= 4 is 40.0 Å². The molecule has 2 rings (SSSR count). The van der Waals surface area contributed by atoms with Crippen LogP contribution in [-0.4, -0.2) is 20.6 Å². The molecule has 0 aliphatic heterocycles. The quantitative estimate of drug-likeness (QED) is 0.564. The van der Waals surface area contributed by atoms with Crippen LogP contribution in [0.2, 0.25) is 5.02 Å². The summed E-state index contributed by atoms with van der Waals surface area (Å²) in [5.74, 6) is 0.781. The molecule has 2 aromatic rings. The van der Waals surface area contributed by atoms with Crippen molar-refractivity contribution in [2.24, 2.45) is 0 Å². The molecular formula is C15H17ClIN3O. The van der Waals surface area contributed by atoms with Gasteiger partial charge >= 0.3 is 6.01 Å². The Morgan fingerprint density at radius 2 is 2.00 bits per heavy atom. The van der Waals surface area contributed by atoms with Crippen molar-refractivity contribution in [1.29, 1.82) is 0 Å². The van der Waals surface area contributed by atoms with Gasteiger partial charge in [0.2, 0.25) is 0 Å². The van der Waals surface area contributed by atoms with Crippen LogP contribution in [0.15, 0.2) is 30.3 Å². The monoisotopic (exact) mass is 417 g/mol. The third kappa shape index (κ3) is 5.67. The van der Waals surface area contributed by atoms with Crippen molar-refractivity contribution in [3.8, 4) is 6.01 Å². The third-order valence-electron chi connectivity index (χ3n) is 2.73. The highest BCUT2D eigenvalue weighted by atomic mass is 127. The van der Waals surface area contributed by atoms with Gasteiger partial charge in [-0.15, -0.1) is 0 Å². The van der Waals surface area contributed by atoms with Crippen molar-refractivity contribution in [2.45, 2.75) is 24.4 Å². The van der Waals surface area contributed by atoms with Gasteiger partial charge in [-0.25, -0.2) is 4.98 Å². The standard InChI is InChI=1S/C15H17ClIN3O/c1-10-9-14(20-15(19-10)21-11(2)17)18-8-7-12-3-5-13(16)6-4-12/h3-6,9,11H,7-8H2,1-2H3,(H,18,19,20). The number of alkyl halides is 1. The van der Waals surface area contributed by atoms with Crippen molar-refractivity contribution in [3.63, 3.8) is 0 Å². The minimum Gasteiger partial charge on any atom is -0.450 e. The molecule has 1 aromatic heterocycles. The number of hydrogen-bond acceptors (Lipinski definition) is 4. The second-order valence-corrected chi connectivity index (χ2v) is 6.83. The lowest BCUT2D eigenvalue weighted by Crippen LogP contribution is -2.10. The molecule has 0 aliphatic carbocycles. The van der Waals surface area contributed by atoms with E-state index in [1.54, 1.807) is 0 Å². The Morgan fingerprint density at radius 3 is 2.67 bits per heavy atom. The second kappa shape index (κ2) is 7.79. The summed E-state index contributed by atoms with van der Waals surface area (Å²) in [6.07, 6.45) is 0.902. The summed E-state index contributed by atoms with van der Waals surface area (Å²) in [5, 5.41) is 4.05. The van der Waals surface area contributed by atoms with E-state index in [1.165, 1.54) is 5.56 Å². The summed E-state index contributed by atoms with van der Waals surface area (Å²) in [6.45, 7) is 4.66. The average Bonchev–Trinajstić information content (AvgIpc) is 2.39. The lowest BCUT2D eigenvalue weighted by Gasteiger charge is -2.10. The Bertz CT molecular complexity index is 590. The molecule has 6 heteroatoms. The number of benzene rings is 1. The second-order valence-electron chi connectivity index (χ2n) is 4.64. The van der Waals surface area contributed by atoms with Gasteiger partial charge in [0, 0.05) is 23.3 Å². The topological polar surface area (TPSA) is 47.0 Å². The number of nitrogens with one attached hydrogen (secondary N) is 1. The van der Waals surface area contributed by atoms with Crippen LogP contribution in [0.3, 0.4) is 0 Å². The highest BCUT2D eigenvalue weighted by Crippen LogP contribution is 2.15. The fourth-order valence-corrected chi connectivity index (χ4v) is 2.17. The van der Waals surface area contributed by atoms with Crippen LogP contribution in [0.25, 0.3) is 0 Å². The molecule has 1 heterocycles. The van der Waals surface area contributed by atoms with E-state index in [1.807, 2.05) is 44.2 Å². The van der Waals surface area contributed by atoms with Crippen LogP contribution in [0.4, 0.5) is 5.82 Å². The molecular weight excluding hydrogens is 401 g/mol. The molecule has 1 atom stereocenters. The van der Waals surface area contributed by atoms with Crippen LogP contribution >= 0.6 is 34.2 Å². The lowest BCUT2D eigenvalue weighted by molar-refractivity contribution is 0.296. The summed E-state index contributed by atoms with van der Waals surface area (Å²) in [4.78, 5) is 8.61. The highest BCUT2D eigenvalue weighted by molar-refractivity contribution is 14.1. The molecule has 0 amide bonds. The van der Waals surface area contributed by atoms with Crippen molar-refractivity contribution in [2.75, 3.05) is 11.9 Å². The van der Waals surface area contributed by atoms with Crippen molar-refractivity contribution in [3.05, 3.63) is 46.6 Å². The first-order chi connectivity index (χ1) is 10.0. The summed E-state index contributed by atoms with van der Waals surface area (Å²) >= 11 is 8.05. The fraction of sp³-hybridized carbons (Fsp3) is 0.333. The normalized spacial score (nSPS) is 12.0. The maximum absolute atomic E-state index is 5.87. The van der Waals surface area contributed by atoms with Crippen LogP contribution in [0, 0.1) is 6.92 Å². The molecule has 112 valence electrons. The Labute approximate surface area is 143 Å². The Balaban J connectivity index is 1.93. The number of anilines is 1. The van der Waals surface area contributed by atoms with E-state index in [-0.39, 0.29) is 4.11 Å². The number of nitrogens with zero attached hydrogens (tertiary/aromatic N) is 2. The van der Waals surface area contributed by atoms with E-state index in [4.69, 9.17) is 16.3 Å². The molecule has 1 unspecified atom stereocenters. The van der Waals surface area contributed by atoms with Gasteiger partial charge in [0.15, 0.2) is 0 Å². The number of aryl methyl sites for hydroxylation is 1. The van der Waals surface area contributed by atoms with E-state index >= 15 is 0 Å². The molecule has 1 aromatic carbocycles. The van der Waals surface area contributed by atoms with Crippen molar-refractivity contribution in [1.82, 2.24) is 9.97 Å². The molecule has 0 spiro atoms. The highest BCUT2D eigenvalue weighted by Gasteiger charge is 2.05. The summed E-state index contributed by atoms with van der Waals surface area (Å²) in [7, 11) is 0. The summed E-state index contributed by atoms with van der Waals surface area (Å²) in [6, 6.07) is 10.2. The summed E-state index contributed by atoms with van der Waals surface area (Å²) in [5.41, 5.74) is 2.11. The van der Waals surface area contributed by atoms with Gasteiger partial charge in [0.05, 0.1) is 0 Å². The molecule has 1 N–H and O–H groups in total. The van der Waals surface area contributed by atoms with E-state index < -0.39 is 0 Å². The minimum absolute atomic E-state index is 0.0336. The molecule has 0 aliphatic rings. The predicted octanol–water partition coefficient (Wildman–Crippen LogP) is 4.25. The smallest absolute Gasteiger partial charge is 0.319 e. The molecule has 0 fully saturated rings. The van der Waals surface area contributed by atoms with Crippen LogP contribution in [-0.2, 0) is 6.42 Å².